The number of nitrogens with one attached hydrogen (secondary N) is 1. The summed E-state index contributed by atoms with van der Waals surface area (Å²) in [7, 11) is 1.66. The summed E-state index contributed by atoms with van der Waals surface area (Å²) in [6, 6.07) is 9.97. The van der Waals surface area contributed by atoms with Crippen molar-refractivity contribution >= 4 is 6.03 Å². The van der Waals surface area contributed by atoms with Gasteiger partial charge in [0, 0.05) is 25.0 Å². The molecule has 2 unspecified atom stereocenters. The number of urea groups is 1. The van der Waals surface area contributed by atoms with E-state index in [1.165, 1.54) is 0 Å². The third kappa shape index (κ3) is 3.69. The fourth-order valence-corrected chi connectivity index (χ4v) is 3.23. The lowest BCUT2D eigenvalue weighted by Crippen LogP contribution is -2.44. The predicted octanol–water partition coefficient (Wildman–Crippen LogP) is 2.83. The minimum atomic E-state index is -0.0139. The van der Waals surface area contributed by atoms with Crippen LogP contribution in [-0.2, 0) is 6.54 Å². The fraction of sp³-hybridized carbons (Fsp3) is 0.444. The number of benzene rings is 1. The Balaban J connectivity index is 1.64. The first-order chi connectivity index (χ1) is 11.7. The van der Waals surface area contributed by atoms with Crippen LogP contribution in [0.25, 0.3) is 0 Å². The van der Waals surface area contributed by atoms with E-state index in [1.54, 1.807) is 13.3 Å². The van der Waals surface area contributed by atoms with Crippen LogP contribution in [0.2, 0.25) is 0 Å². The molecule has 1 aromatic carbocycles. The van der Waals surface area contributed by atoms with Gasteiger partial charge >= 0.3 is 6.03 Å². The monoisotopic (exact) mass is 328 g/mol. The Labute approximate surface area is 142 Å². The van der Waals surface area contributed by atoms with Crippen LogP contribution in [-0.4, -0.2) is 40.4 Å². The maximum atomic E-state index is 12.7. The van der Waals surface area contributed by atoms with Crippen molar-refractivity contribution in [1.29, 1.82) is 0 Å². The number of nitrogens with zero attached hydrogens (tertiary/aromatic N) is 3. The van der Waals surface area contributed by atoms with E-state index in [9.17, 15) is 4.79 Å². The molecule has 1 aromatic heterocycles. The quantitative estimate of drug-likeness (QED) is 0.918. The number of amides is 2. The molecule has 24 heavy (non-hydrogen) atoms. The van der Waals surface area contributed by atoms with E-state index in [-0.39, 0.29) is 18.1 Å². The molecule has 1 aliphatic heterocycles. The van der Waals surface area contributed by atoms with Gasteiger partial charge in [0.25, 0.3) is 0 Å². The molecule has 6 heteroatoms. The summed E-state index contributed by atoms with van der Waals surface area (Å²) in [4.78, 5) is 14.6. The van der Waals surface area contributed by atoms with E-state index in [0.29, 0.717) is 6.54 Å². The van der Waals surface area contributed by atoms with Gasteiger partial charge in [-0.05, 0) is 43.5 Å². The molecule has 2 atom stereocenters. The van der Waals surface area contributed by atoms with Crippen molar-refractivity contribution in [2.45, 2.75) is 38.4 Å². The number of aromatic nitrogens is 2. The summed E-state index contributed by atoms with van der Waals surface area (Å²) in [5, 5.41) is 7.26. The van der Waals surface area contributed by atoms with E-state index in [4.69, 9.17) is 4.74 Å². The second-order valence-corrected chi connectivity index (χ2v) is 6.21. The number of rotatable bonds is 5. The Morgan fingerprint density at radius 3 is 3.08 bits per heavy atom. The molecule has 0 spiro atoms. The van der Waals surface area contributed by atoms with Gasteiger partial charge in [-0.2, -0.15) is 5.10 Å². The Kier molecular flexibility index (Phi) is 5.03. The zero-order chi connectivity index (χ0) is 16.9. The van der Waals surface area contributed by atoms with Gasteiger partial charge < -0.3 is 15.0 Å². The summed E-state index contributed by atoms with van der Waals surface area (Å²) < 4.78 is 7.13. The highest BCUT2D eigenvalue weighted by Crippen LogP contribution is 2.33. The molecule has 6 nitrogen and oxygen atoms in total. The van der Waals surface area contributed by atoms with E-state index in [0.717, 1.165) is 30.7 Å². The minimum absolute atomic E-state index is 0.0139. The number of ether oxygens (including phenoxy) is 1. The van der Waals surface area contributed by atoms with Gasteiger partial charge in [0.1, 0.15) is 5.75 Å². The molecule has 1 aliphatic rings. The van der Waals surface area contributed by atoms with Crippen molar-refractivity contribution in [3.8, 4) is 5.75 Å². The highest BCUT2D eigenvalue weighted by Gasteiger charge is 2.30. The standard InChI is InChI=1S/C18H24N4O2/c1-14(13-21-10-5-9-19-21)20-18(23)22-11-4-8-17(22)15-6-3-7-16(12-15)24-2/h3,5-7,9-10,12,14,17H,4,8,11,13H2,1-2H3,(H,20,23). The topological polar surface area (TPSA) is 59.4 Å². The van der Waals surface area contributed by atoms with E-state index in [1.807, 2.05) is 47.0 Å². The summed E-state index contributed by atoms with van der Waals surface area (Å²) in [6.45, 7) is 3.44. The van der Waals surface area contributed by atoms with Gasteiger partial charge in [0.15, 0.2) is 0 Å². The van der Waals surface area contributed by atoms with Crippen molar-refractivity contribution in [2.24, 2.45) is 0 Å². The third-order valence-electron chi connectivity index (χ3n) is 4.38. The Hall–Kier alpha value is -2.50. The molecule has 128 valence electrons. The van der Waals surface area contributed by atoms with E-state index >= 15 is 0 Å². The van der Waals surface area contributed by atoms with Gasteiger partial charge in [0.2, 0.25) is 0 Å². The number of hydrogen-bond donors (Lipinski definition) is 1. The van der Waals surface area contributed by atoms with Crippen LogP contribution in [0, 0.1) is 0 Å². The van der Waals surface area contributed by atoms with Gasteiger partial charge in [-0.1, -0.05) is 12.1 Å². The molecule has 2 amide bonds. The zero-order valence-corrected chi connectivity index (χ0v) is 14.2. The first kappa shape index (κ1) is 16.4. The maximum Gasteiger partial charge on any atom is 0.318 e. The molecule has 0 aliphatic carbocycles. The lowest BCUT2D eigenvalue weighted by Gasteiger charge is -2.27. The summed E-state index contributed by atoms with van der Waals surface area (Å²) in [5.74, 6) is 0.826. The Morgan fingerprint density at radius 2 is 2.33 bits per heavy atom. The molecule has 0 bridgehead atoms. The minimum Gasteiger partial charge on any atom is -0.497 e. The largest absolute Gasteiger partial charge is 0.497 e. The number of hydrogen-bond acceptors (Lipinski definition) is 3. The molecule has 1 saturated heterocycles. The number of carbonyl (C=O) groups is 1. The highest BCUT2D eigenvalue weighted by molar-refractivity contribution is 5.75. The van der Waals surface area contributed by atoms with Crippen LogP contribution in [0.4, 0.5) is 4.79 Å². The van der Waals surface area contributed by atoms with Gasteiger partial charge in [-0.15, -0.1) is 0 Å². The second-order valence-electron chi connectivity index (χ2n) is 6.21. The lowest BCUT2D eigenvalue weighted by molar-refractivity contribution is 0.188. The van der Waals surface area contributed by atoms with Crippen molar-refractivity contribution < 1.29 is 9.53 Å². The van der Waals surface area contributed by atoms with Crippen LogP contribution in [0.5, 0.6) is 5.75 Å². The van der Waals surface area contributed by atoms with Gasteiger partial charge in [-0.25, -0.2) is 4.79 Å². The highest BCUT2D eigenvalue weighted by atomic mass is 16.5. The molecule has 3 rings (SSSR count). The maximum absolute atomic E-state index is 12.7. The zero-order valence-electron chi connectivity index (χ0n) is 14.2. The molecule has 2 heterocycles. The first-order valence-corrected chi connectivity index (χ1v) is 8.36. The first-order valence-electron chi connectivity index (χ1n) is 8.36. The SMILES string of the molecule is COc1cccc(C2CCCN2C(=O)NC(C)Cn2cccn2)c1. The van der Waals surface area contributed by atoms with Gasteiger partial charge in [0.05, 0.1) is 19.7 Å². The molecular formula is C18H24N4O2. The number of carbonyl (C=O) groups excluding carboxylic acids is 1. The van der Waals surface area contributed by atoms with Gasteiger partial charge in [-0.3, -0.25) is 4.68 Å². The molecule has 1 N–H and O–H groups in total. The Morgan fingerprint density at radius 1 is 1.46 bits per heavy atom. The molecule has 1 fully saturated rings. The van der Waals surface area contributed by atoms with E-state index in [2.05, 4.69) is 16.5 Å². The van der Waals surface area contributed by atoms with Crippen LogP contribution in [0.3, 0.4) is 0 Å². The lowest BCUT2D eigenvalue weighted by atomic mass is 10.0. The number of methoxy groups -OCH3 is 1. The average Bonchev–Trinajstić information content (AvgIpc) is 3.26. The predicted molar refractivity (Wildman–Crippen MR) is 91.9 cm³/mol. The molecule has 2 aromatic rings. The van der Waals surface area contributed by atoms with Crippen molar-refractivity contribution in [1.82, 2.24) is 20.0 Å². The number of likely N-dealkylation sites (tertiary alicyclic amines) is 1. The van der Waals surface area contributed by atoms with Crippen LogP contribution < -0.4 is 10.1 Å². The van der Waals surface area contributed by atoms with Crippen LogP contribution in [0.15, 0.2) is 42.7 Å². The van der Waals surface area contributed by atoms with Crippen molar-refractivity contribution in [2.75, 3.05) is 13.7 Å². The second kappa shape index (κ2) is 7.38. The summed E-state index contributed by atoms with van der Waals surface area (Å²) >= 11 is 0. The average molecular weight is 328 g/mol. The molecule has 0 radical (unpaired) electrons. The fourth-order valence-electron chi connectivity index (χ4n) is 3.23. The molecule has 0 saturated carbocycles. The molecular weight excluding hydrogens is 304 g/mol. The summed E-state index contributed by atoms with van der Waals surface area (Å²) in [5.41, 5.74) is 1.13. The van der Waals surface area contributed by atoms with Crippen molar-refractivity contribution in [3.63, 3.8) is 0 Å². The smallest absolute Gasteiger partial charge is 0.318 e. The Bertz CT molecular complexity index is 671. The normalized spacial score (nSPS) is 18.4. The van der Waals surface area contributed by atoms with E-state index < -0.39 is 0 Å². The van der Waals surface area contributed by atoms with Crippen LogP contribution in [0.1, 0.15) is 31.4 Å². The summed E-state index contributed by atoms with van der Waals surface area (Å²) in [6.07, 6.45) is 5.64. The third-order valence-corrected chi connectivity index (χ3v) is 4.38. The van der Waals surface area contributed by atoms with Crippen LogP contribution >= 0.6 is 0 Å². The van der Waals surface area contributed by atoms with Crippen molar-refractivity contribution in [3.05, 3.63) is 48.3 Å².